The first-order valence-electron chi connectivity index (χ1n) is 6.09. The fourth-order valence-corrected chi connectivity index (χ4v) is 2.26. The van der Waals surface area contributed by atoms with Gasteiger partial charge in [0.25, 0.3) is 5.91 Å². The maximum Gasteiger partial charge on any atom is 0.252 e. The number of hydrogen-bond donors (Lipinski definition) is 3. The Morgan fingerprint density at radius 1 is 1.50 bits per heavy atom. The van der Waals surface area contributed by atoms with Crippen molar-refractivity contribution in [2.45, 2.75) is 18.9 Å². The van der Waals surface area contributed by atoms with Crippen LogP contribution in [-0.2, 0) is 0 Å². The van der Waals surface area contributed by atoms with Gasteiger partial charge >= 0.3 is 0 Å². The van der Waals surface area contributed by atoms with Crippen molar-refractivity contribution < 1.29 is 4.79 Å². The van der Waals surface area contributed by atoms with E-state index in [9.17, 15) is 4.79 Å². The molecule has 0 atom stereocenters. The van der Waals surface area contributed by atoms with Crippen LogP contribution in [0.2, 0.25) is 0 Å². The molecule has 1 aliphatic heterocycles. The summed E-state index contributed by atoms with van der Waals surface area (Å²) < 4.78 is 0. The lowest BCUT2D eigenvalue weighted by atomic mass is 10.0. The van der Waals surface area contributed by atoms with E-state index in [2.05, 4.69) is 15.2 Å². The number of nitrogens with two attached hydrogens (primary N) is 2. The second kappa shape index (κ2) is 5.22. The Bertz CT molecular complexity index is 440. The maximum absolute atomic E-state index is 11.2. The van der Waals surface area contributed by atoms with Gasteiger partial charge in [0.2, 0.25) is 0 Å². The molecule has 0 radical (unpaired) electrons. The Morgan fingerprint density at radius 2 is 2.17 bits per heavy atom. The van der Waals surface area contributed by atoms with Gasteiger partial charge in [-0.05, 0) is 26.0 Å². The van der Waals surface area contributed by atoms with E-state index >= 15 is 0 Å². The molecule has 1 aliphatic rings. The van der Waals surface area contributed by atoms with E-state index in [1.165, 1.54) is 0 Å². The van der Waals surface area contributed by atoms with Crippen LogP contribution in [0.4, 0.5) is 11.5 Å². The number of piperidine rings is 1. The molecule has 0 unspecified atom stereocenters. The minimum Gasteiger partial charge on any atom is -0.383 e. The zero-order valence-corrected chi connectivity index (χ0v) is 10.5. The van der Waals surface area contributed by atoms with Gasteiger partial charge in [-0.2, -0.15) is 0 Å². The van der Waals surface area contributed by atoms with Gasteiger partial charge < -0.3 is 21.7 Å². The number of anilines is 2. The van der Waals surface area contributed by atoms with E-state index in [-0.39, 0.29) is 5.82 Å². The number of amides is 1. The Morgan fingerprint density at radius 3 is 2.72 bits per heavy atom. The first kappa shape index (κ1) is 12.6. The number of carbonyl (C=O) groups excluding carboxylic acids is 1. The number of pyridine rings is 1. The van der Waals surface area contributed by atoms with Crippen LogP contribution in [0.5, 0.6) is 0 Å². The van der Waals surface area contributed by atoms with Crippen molar-refractivity contribution >= 4 is 17.4 Å². The first-order valence-corrected chi connectivity index (χ1v) is 6.09. The van der Waals surface area contributed by atoms with Crippen molar-refractivity contribution in [2.24, 2.45) is 5.73 Å². The van der Waals surface area contributed by atoms with Gasteiger partial charge in [0, 0.05) is 19.1 Å². The van der Waals surface area contributed by atoms with Crippen LogP contribution in [-0.4, -0.2) is 37.1 Å². The zero-order valence-electron chi connectivity index (χ0n) is 10.5. The predicted octanol–water partition coefficient (Wildman–Crippen LogP) is -0.0491. The van der Waals surface area contributed by atoms with Crippen LogP contribution in [0, 0.1) is 0 Å². The molecule has 6 heteroatoms. The maximum atomic E-state index is 11.2. The highest BCUT2D eigenvalue weighted by Gasteiger charge is 2.19. The molecule has 0 saturated carbocycles. The first-order chi connectivity index (χ1) is 8.61. The number of carbonyl (C=O) groups is 1. The van der Waals surface area contributed by atoms with E-state index in [0.717, 1.165) is 31.6 Å². The summed E-state index contributed by atoms with van der Waals surface area (Å²) in [4.78, 5) is 17.5. The van der Waals surface area contributed by atoms with E-state index in [1.54, 1.807) is 12.3 Å². The summed E-state index contributed by atoms with van der Waals surface area (Å²) in [6, 6.07) is 2.29. The number of rotatable bonds is 3. The number of primary amides is 1. The molecule has 2 rings (SSSR count). The van der Waals surface area contributed by atoms with Crippen molar-refractivity contribution in [1.82, 2.24) is 10.3 Å². The predicted molar refractivity (Wildman–Crippen MR) is 71.5 cm³/mol. The lowest BCUT2D eigenvalue weighted by Crippen LogP contribution is -2.41. The number of nitrogen functional groups attached to an aromatic ring is 1. The third-order valence-electron chi connectivity index (χ3n) is 3.44. The number of hydrogen-bond acceptors (Lipinski definition) is 5. The minimum absolute atomic E-state index is 0.191. The highest BCUT2D eigenvalue weighted by atomic mass is 16.1. The van der Waals surface area contributed by atoms with Crippen molar-refractivity contribution in [3.8, 4) is 0 Å². The zero-order chi connectivity index (χ0) is 13.1. The van der Waals surface area contributed by atoms with Crippen LogP contribution in [0.25, 0.3) is 0 Å². The summed E-state index contributed by atoms with van der Waals surface area (Å²) in [5.41, 5.74) is 12.1. The summed E-state index contributed by atoms with van der Waals surface area (Å²) in [5, 5.41) is 3.28. The van der Waals surface area contributed by atoms with Gasteiger partial charge in [-0.15, -0.1) is 0 Å². The van der Waals surface area contributed by atoms with E-state index < -0.39 is 5.91 Å². The average Bonchev–Trinajstić information content (AvgIpc) is 2.39. The van der Waals surface area contributed by atoms with E-state index in [0.29, 0.717) is 11.6 Å². The van der Waals surface area contributed by atoms with Crippen molar-refractivity contribution in [2.75, 3.05) is 30.8 Å². The normalized spacial score (nSPS) is 16.8. The van der Waals surface area contributed by atoms with Crippen LogP contribution in [0.1, 0.15) is 23.2 Å². The van der Waals surface area contributed by atoms with Gasteiger partial charge in [-0.25, -0.2) is 4.98 Å². The van der Waals surface area contributed by atoms with Crippen molar-refractivity contribution in [3.05, 3.63) is 17.8 Å². The molecule has 6 nitrogen and oxygen atoms in total. The molecule has 1 aromatic rings. The summed E-state index contributed by atoms with van der Waals surface area (Å²) in [6.45, 7) is 1.88. The monoisotopic (exact) mass is 249 g/mol. The largest absolute Gasteiger partial charge is 0.383 e. The minimum atomic E-state index is -0.535. The fourth-order valence-electron chi connectivity index (χ4n) is 2.26. The van der Waals surface area contributed by atoms with Crippen molar-refractivity contribution in [1.29, 1.82) is 0 Å². The Labute approximate surface area is 106 Å². The van der Waals surface area contributed by atoms with Crippen LogP contribution in [0.3, 0.4) is 0 Å². The summed E-state index contributed by atoms with van der Waals surface area (Å²) in [5.74, 6) is -0.344. The quantitative estimate of drug-likeness (QED) is 0.698. The molecular weight excluding hydrogens is 230 g/mol. The van der Waals surface area contributed by atoms with Gasteiger partial charge in [0.1, 0.15) is 5.82 Å². The van der Waals surface area contributed by atoms with Crippen LogP contribution in [0.15, 0.2) is 12.3 Å². The van der Waals surface area contributed by atoms with Crippen LogP contribution >= 0.6 is 0 Å². The molecule has 1 saturated heterocycles. The third-order valence-corrected chi connectivity index (χ3v) is 3.44. The van der Waals surface area contributed by atoms with E-state index in [1.807, 2.05) is 7.05 Å². The summed E-state index contributed by atoms with van der Waals surface area (Å²) in [6.07, 6.45) is 3.85. The van der Waals surface area contributed by atoms with Gasteiger partial charge in [0.15, 0.2) is 0 Å². The molecule has 18 heavy (non-hydrogen) atoms. The highest BCUT2D eigenvalue weighted by molar-refractivity contribution is 5.97. The van der Waals surface area contributed by atoms with Gasteiger partial charge in [-0.3, -0.25) is 4.79 Å². The van der Waals surface area contributed by atoms with E-state index in [4.69, 9.17) is 11.5 Å². The average molecular weight is 249 g/mol. The molecule has 2 heterocycles. The second-order valence-corrected chi connectivity index (χ2v) is 4.54. The molecule has 0 aromatic carbocycles. The Hall–Kier alpha value is -1.82. The van der Waals surface area contributed by atoms with Gasteiger partial charge in [-0.1, -0.05) is 0 Å². The second-order valence-electron chi connectivity index (χ2n) is 4.54. The highest BCUT2D eigenvalue weighted by Crippen LogP contribution is 2.22. The lowest BCUT2D eigenvalue weighted by molar-refractivity contribution is 0.100. The molecule has 0 aliphatic carbocycles. The third kappa shape index (κ3) is 2.53. The SMILES string of the molecule is CNC1CCN(c2cnc(N)c(C(N)=O)c2)CC1. The Balaban J connectivity index is 2.15. The standard InChI is InChI=1S/C12H19N5O/c1-15-8-2-4-17(5-3-8)9-6-10(12(14)18)11(13)16-7-9/h6-8,15H,2-5H2,1H3,(H2,13,16)(H2,14,18). The molecule has 1 amide bonds. The Kier molecular flexibility index (Phi) is 3.66. The smallest absolute Gasteiger partial charge is 0.252 e. The van der Waals surface area contributed by atoms with Crippen molar-refractivity contribution in [3.63, 3.8) is 0 Å². The molecular formula is C12H19N5O. The molecule has 5 N–H and O–H groups in total. The number of aromatic nitrogens is 1. The number of nitrogens with one attached hydrogen (secondary N) is 1. The lowest BCUT2D eigenvalue weighted by Gasteiger charge is -2.33. The summed E-state index contributed by atoms with van der Waals surface area (Å²) >= 11 is 0. The fraction of sp³-hybridized carbons (Fsp3) is 0.500. The molecule has 1 aromatic heterocycles. The summed E-state index contributed by atoms with van der Waals surface area (Å²) in [7, 11) is 1.98. The van der Waals surface area contributed by atoms with Gasteiger partial charge in [0.05, 0.1) is 17.4 Å². The molecule has 98 valence electrons. The molecule has 1 fully saturated rings. The molecule has 0 spiro atoms. The number of nitrogens with zero attached hydrogens (tertiary/aromatic N) is 2. The molecule has 0 bridgehead atoms. The van der Waals surface area contributed by atoms with Crippen LogP contribution < -0.4 is 21.7 Å². The topological polar surface area (TPSA) is 97.3 Å².